The Hall–Kier alpha value is -0.680. The fourth-order valence-corrected chi connectivity index (χ4v) is 3.57. The molecule has 0 atom stereocenters. The first-order valence-corrected chi connectivity index (χ1v) is 12.9. The van der Waals surface area contributed by atoms with Gasteiger partial charge in [0.25, 0.3) is 0 Å². The van der Waals surface area contributed by atoms with Gasteiger partial charge in [0.2, 0.25) is 5.91 Å². The Morgan fingerprint density at radius 3 is 1.90 bits per heavy atom. The zero-order chi connectivity index (χ0) is 22.0. The fraction of sp³-hybridized carbons (Fsp3) is 0.864. The van der Waals surface area contributed by atoms with E-state index in [0.29, 0.717) is 6.42 Å². The number of phosphoric ester groups is 1. The zero-order valence-electron chi connectivity index (χ0n) is 18.8. The van der Waals surface area contributed by atoms with Gasteiger partial charge in [0.05, 0.1) is 12.1 Å². The van der Waals surface area contributed by atoms with Crippen LogP contribution in [-0.2, 0) is 13.9 Å². The van der Waals surface area contributed by atoms with Crippen molar-refractivity contribution in [3.05, 3.63) is 12.2 Å². The average Bonchev–Trinajstić information content (AvgIpc) is 2.62. The first-order chi connectivity index (χ1) is 13.7. The van der Waals surface area contributed by atoms with Crippen LogP contribution in [0.5, 0.6) is 0 Å². The highest BCUT2D eigenvalue weighted by atomic mass is 31.2. The Kier molecular flexibility index (Phi) is 16.6. The number of hydrogen-bond donors (Lipinski definition) is 3. The Bertz CT molecular complexity index is 488. The Morgan fingerprint density at radius 2 is 1.38 bits per heavy atom. The molecule has 0 aromatic heterocycles. The van der Waals surface area contributed by atoms with Crippen molar-refractivity contribution in [2.75, 3.05) is 6.61 Å². The standard InChI is InChI=1S/C22H44NO5P/c1-4-5-6-7-8-9-10-11-12-13-14-15-16-17-18-19-21(24)23-22(2,3)20-28-29(25,26)27/h11-12H,4-10,13-20H2,1-3H3,(H,23,24)(H2,25,26,27). The van der Waals surface area contributed by atoms with Crippen LogP contribution in [-0.4, -0.2) is 27.8 Å². The molecule has 0 aliphatic heterocycles. The van der Waals surface area contributed by atoms with Crippen LogP contribution >= 0.6 is 7.82 Å². The Balaban J connectivity index is 3.52. The van der Waals surface area contributed by atoms with Crippen LogP contribution in [0.4, 0.5) is 0 Å². The van der Waals surface area contributed by atoms with Gasteiger partial charge in [-0.1, -0.05) is 70.4 Å². The molecule has 1 amide bonds. The highest BCUT2D eigenvalue weighted by Gasteiger charge is 2.25. The number of carbonyl (C=O) groups excluding carboxylic acids is 1. The van der Waals surface area contributed by atoms with Crippen molar-refractivity contribution < 1.29 is 23.7 Å². The molecule has 6 nitrogen and oxygen atoms in total. The van der Waals surface area contributed by atoms with E-state index in [0.717, 1.165) is 25.7 Å². The van der Waals surface area contributed by atoms with Gasteiger partial charge in [-0.25, -0.2) is 4.57 Å². The quantitative estimate of drug-likeness (QED) is 0.131. The van der Waals surface area contributed by atoms with Crippen LogP contribution in [0.2, 0.25) is 0 Å². The first kappa shape index (κ1) is 28.3. The monoisotopic (exact) mass is 433 g/mol. The lowest BCUT2D eigenvalue weighted by molar-refractivity contribution is -0.123. The van der Waals surface area contributed by atoms with Gasteiger partial charge in [0, 0.05) is 6.42 Å². The molecule has 0 fully saturated rings. The van der Waals surface area contributed by atoms with E-state index >= 15 is 0 Å². The molecular weight excluding hydrogens is 389 g/mol. The van der Waals surface area contributed by atoms with E-state index in [-0.39, 0.29) is 12.5 Å². The Labute approximate surface area is 178 Å². The van der Waals surface area contributed by atoms with E-state index in [1.807, 2.05) is 0 Å². The van der Waals surface area contributed by atoms with E-state index < -0.39 is 13.4 Å². The summed E-state index contributed by atoms with van der Waals surface area (Å²) < 4.78 is 15.2. The molecule has 0 rings (SSSR count). The van der Waals surface area contributed by atoms with Crippen LogP contribution in [0.15, 0.2) is 12.2 Å². The fourth-order valence-electron chi connectivity index (χ4n) is 3.08. The molecule has 0 bridgehead atoms. The van der Waals surface area contributed by atoms with Crippen LogP contribution in [0.3, 0.4) is 0 Å². The maximum Gasteiger partial charge on any atom is 0.469 e. The van der Waals surface area contributed by atoms with E-state index in [4.69, 9.17) is 9.79 Å². The molecule has 0 saturated heterocycles. The molecule has 0 saturated carbocycles. The number of unbranched alkanes of at least 4 members (excludes halogenated alkanes) is 11. The molecule has 7 heteroatoms. The third kappa shape index (κ3) is 21.8. The van der Waals surface area contributed by atoms with Gasteiger partial charge in [0.1, 0.15) is 0 Å². The number of amides is 1. The summed E-state index contributed by atoms with van der Waals surface area (Å²) in [4.78, 5) is 29.4. The highest BCUT2D eigenvalue weighted by molar-refractivity contribution is 7.46. The lowest BCUT2D eigenvalue weighted by Gasteiger charge is -2.26. The summed E-state index contributed by atoms with van der Waals surface area (Å²) in [6.07, 6.45) is 20.9. The minimum absolute atomic E-state index is 0.109. The maximum absolute atomic E-state index is 11.9. The molecule has 0 radical (unpaired) electrons. The predicted molar refractivity (Wildman–Crippen MR) is 120 cm³/mol. The molecule has 0 aromatic rings. The first-order valence-electron chi connectivity index (χ1n) is 11.3. The molecule has 0 spiro atoms. The van der Waals surface area contributed by atoms with Crippen molar-refractivity contribution in [1.82, 2.24) is 5.32 Å². The summed E-state index contributed by atoms with van der Waals surface area (Å²) in [5, 5.41) is 2.76. The van der Waals surface area contributed by atoms with Crippen LogP contribution in [0, 0.1) is 0 Å². The second-order valence-electron chi connectivity index (χ2n) is 8.53. The molecule has 0 aliphatic carbocycles. The van der Waals surface area contributed by atoms with Crippen LogP contribution in [0.1, 0.15) is 111 Å². The van der Waals surface area contributed by atoms with Gasteiger partial charge < -0.3 is 15.1 Å². The SMILES string of the molecule is CCCCCCCCC=CCCCCCCCC(=O)NC(C)(C)COP(=O)(O)O. The molecule has 0 heterocycles. The van der Waals surface area contributed by atoms with Gasteiger partial charge >= 0.3 is 7.82 Å². The third-order valence-electron chi connectivity index (χ3n) is 4.74. The molecular formula is C22H44NO5P. The summed E-state index contributed by atoms with van der Waals surface area (Å²) in [6.45, 7) is 5.38. The number of nitrogens with one attached hydrogen (secondary N) is 1. The van der Waals surface area contributed by atoms with Crippen LogP contribution < -0.4 is 5.32 Å². The number of allylic oxidation sites excluding steroid dienone is 2. The van der Waals surface area contributed by atoms with Gasteiger partial charge in [0.15, 0.2) is 0 Å². The largest absolute Gasteiger partial charge is 0.469 e. The average molecular weight is 434 g/mol. The smallest absolute Gasteiger partial charge is 0.349 e. The summed E-state index contributed by atoms with van der Waals surface area (Å²) in [7, 11) is -4.52. The minimum atomic E-state index is -4.52. The third-order valence-corrected chi connectivity index (χ3v) is 5.20. The lowest BCUT2D eigenvalue weighted by atomic mass is 10.1. The van der Waals surface area contributed by atoms with Crippen molar-refractivity contribution in [1.29, 1.82) is 0 Å². The highest BCUT2D eigenvalue weighted by Crippen LogP contribution is 2.36. The van der Waals surface area contributed by atoms with Gasteiger partial charge in [-0.3, -0.25) is 9.32 Å². The topological polar surface area (TPSA) is 95.9 Å². The molecule has 172 valence electrons. The molecule has 3 N–H and O–H groups in total. The summed E-state index contributed by atoms with van der Waals surface area (Å²) in [5.41, 5.74) is -0.806. The van der Waals surface area contributed by atoms with Crippen LogP contribution in [0.25, 0.3) is 0 Å². The molecule has 0 aliphatic rings. The van der Waals surface area contributed by atoms with Crippen molar-refractivity contribution in [2.45, 2.75) is 116 Å². The number of phosphoric acid groups is 1. The maximum atomic E-state index is 11.9. The van der Waals surface area contributed by atoms with E-state index in [1.165, 1.54) is 57.8 Å². The summed E-state index contributed by atoms with van der Waals surface area (Å²) in [6, 6.07) is 0. The van der Waals surface area contributed by atoms with Gasteiger partial charge in [-0.15, -0.1) is 0 Å². The lowest BCUT2D eigenvalue weighted by Crippen LogP contribution is -2.46. The van der Waals surface area contributed by atoms with Gasteiger partial charge in [-0.05, 0) is 46.0 Å². The second kappa shape index (κ2) is 17.0. The molecule has 0 aromatic carbocycles. The number of rotatable bonds is 19. The summed E-state index contributed by atoms with van der Waals surface area (Å²) in [5.74, 6) is -0.109. The summed E-state index contributed by atoms with van der Waals surface area (Å²) >= 11 is 0. The molecule has 29 heavy (non-hydrogen) atoms. The number of hydrogen-bond acceptors (Lipinski definition) is 3. The normalized spacial score (nSPS) is 12.6. The molecule has 0 unspecified atom stereocenters. The van der Waals surface area contributed by atoms with E-state index in [9.17, 15) is 9.36 Å². The number of carbonyl (C=O) groups is 1. The van der Waals surface area contributed by atoms with Crippen molar-refractivity contribution >= 4 is 13.7 Å². The van der Waals surface area contributed by atoms with Crippen molar-refractivity contribution in [3.8, 4) is 0 Å². The second-order valence-corrected chi connectivity index (χ2v) is 9.77. The van der Waals surface area contributed by atoms with E-state index in [2.05, 4.69) is 28.9 Å². The van der Waals surface area contributed by atoms with Gasteiger partial charge in [-0.2, -0.15) is 0 Å². The van der Waals surface area contributed by atoms with Crippen molar-refractivity contribution in [3.63, 3.8) is 0 Å². The predicted octanol–water partition coefficient (Wildman–Crippen LogP) is 6.03. The zero-order valence-corrected chi connectivity index (χ0v) is 19.7. The minimum Gasteiger partial charge on any atom is -0.349 e. The Morgan fingerprint density at radius 1 is 0.897 bits per heavy atom. The van der Waals surface area contributed by atoms with E-state index in [1.54, 1.807) is 13.8 Å². The van der Waals surface area contributed by atoms with Crippen molar-refractivity contribution in [2.24, 2.45) is 0 Å².